The first kappa shape index (κ1) is 13.5. The first-order chi connectivity index (χ1) is 10.6. The van der Waals surface area contributed by atoms with E-state index in [1.165, 1.54) is 0 Å². The topological polar surface area (TPSA) is 39.2 Å². The molecule has 3 nitrogen and oxygen atoms in total. The first-order valence-electron chi connectivity index (χ1n) is 7.00. The molecule has 0 spiro atoms. The Hall–Kier alpha value is -2.20. The van der Waals surface area contributed by atoms with Crippen molar-refractivity contribution in [2.24, 2.45) is 0 Å². The van der Waals surface area contributed by atoms with Crippen LogP contribution in [0.2, 0.25) is 0 Å². The Balaban J connectivity index is 2.19. The number of hydrogen-bond acceptors (Lipinski definition) is 3. The number of carbonyl (C=O) groups excluding carboxylic acids is 1. The monoisotopic (exact) mass is 353 g/mol. The highest BCUT2D eigenvalue weighted by molar-refractivity contribution is 9.10. The highest BCUT2D eigenvalue weighted by Gasteiger charge is 2.28. The molecular weight excluding hydrogens is 342 g/mol. The molecule has 0 saturated carbocycles. The Bertz CT molecular complexity index is 920. The zero-order valence-corrected chi connectivity index (χ0v) is 13.5. The Labute approximate surface area is 136 Å². The molecule has 108 valence electrons. The Morgan fingerprint density at radius 3 is 2.73 bits per heavy atom. The van der Waals surface area contributed by atoms with Gasteiger partial charge in [-0.05, 0) is 46.1 Å². The van der Waals surface area contributed by atoms with Crippen LogP contribution in [-0.4, -0.2) is 11.0 Å². The number of ether oxygens (including phenoxy) is 1. The predicted molar refractivity (Wildman–Crippen MR) is 88.7 cm³/mol. The van der Waals surface area contributed by atoms with Gasteiger partial charge in [-0.3, -0.25) is 0 Å². The van der Waals surface area contributed by atoms with Crippen LogP contribution in [0.5, 0.6) is 0 Å². The van der Waals surface area contributed by atoms with Crippen molar-refractivity contribution in [1.29, 1.82) is 0 Å². The zero-order chi connectivity index (χ0) is 15.3. The molecule has 0 unspecified atom stereocenters. The molecule has 4 heteroatoms. The average Bonchev–Trinajstić information content (AvgIpc) is 2.87. The van der Waals surface area contributed by atoms with Gasteiger partial charge >= 0.3 is 5.97 Å². The largest absolute Gasteiger partial charge is 0.456 e. The molecule has 0 bridgehead atoms. The molecule has 0 fully saturated rings. The minimum atomic E-state index is -0.346. The second-order valence-corrected chi connectivity index (χ2v) is 6.25. The third-order valence-electron chi connectivity index (χ3n) is 3.89. The van der Waals surface area contributed by atoms with Crippen LogP contribution < -0.4 is 0 Å². The van der Waals surface area contributed by atoms with E-state index in [1.54, 1.807) is 0 Å². The highest BCUT2D eigenvalue weighted by atomic mass is 79.9. The fourth-order valence-electron chi connectivity index (χ4n) is 2.95. The normalized spacial score (nSPS) is 13.3. The van der Waals surface area contributed by atoms with Crippen LogP contribution in [0.1, 0.15) is 21.6 Å². The van der Waals surface area contributed by atoms with Crippen molar-refractivity contribution in [1.82, 2.24) is 4.98 Å². The van der Waals surface area contributed by atoms with Crippen molar-refractivity contribution in [2.45, 2.75) is 13.5 Å². The second-order valence-electron chi connectivity index (χ2n) is 5.40. The summed E-state index contributed by atoms with van der Waals surface area (Å²) in [6.07, 6.45) is 0. The van der Waals surface area contributed by atoms with E-state index in [2.05, 4.69) is 27.0 Å². The van der Waals surface area contributed by atoms with Crippen LogP contribution in [-0.2, 0) is 11.3 Å². The SMILES string of the molecule is Cc1cc(Br)c2nc3c(c(-c4ccccc4)c2c1)COC3=O. The molecular formula is C18H12BrNO2. The number of nitrogens with zero attached hydrogens (tertiary/aromatic N) is 1. The molecule has 0 amide bonds. The number of cyclic esters (lactones) is 1. The fourth-order valence-corrected chi connectivity index (χ4v) is 3.61. The highest BCUT2D eigenvalue weighted by Crippen LogP contribution is 2.38. The third kappa shape index (κ3) is 1.95. The van der Waals surface area contributed by atoms with Crippen LogP contribution in [0.3, 0.4) is 0 Å². The summed E-state index contributed by atoms with van der Waals surface area (Å²) in [5.41, 5.74) is 5.35. The number of rotatable bonds is 1. The summed E-state index contributed by atoms with van der Waals surface area (Å²) in [4.78, 5) is 16.5. The molecule has 0 atom stereocenters. The molecule has 4 rings (SSSR count). The number of esters is 1. The number of benzene rings is 2. The maximum absolute atomic E-state index is 12.0. The number of aromatic nitrogens is 1. The van der Waals surface area contributed by atoms with Gasteiger partial charge in [0.25, 0.3) is 0 Å². The molecule has 2 aromatic carbocycles. The van der Waals surface area contributed by atoms with E-state index < -0.39 is 0 Å². The number of fused-ring (bicyclic) bond motifs is 2. The summed E-state index contributed by atoms with van der Waals surface area (Å²) in [6.45, 7) is 2.33. The molecule has 3 aromatic rings. The standard InChI is InChI=1S/C18H12BrNO2/c1-10-7-12-15(11-5-3-2-4-6-11)13-9-22-18(21)17(13)20-16(12)14(19)8-10/h2-8H,9H2,1H3. The minimum absolute atomic E-state index is 0.285. The Kier molecular flexibility index (Phi) is 3.01. The van der Waals surface area contributed by atoms with Crippen molar-refractivity contribution in [2.75, 3.05) is 0 Å². The zero-order valence-electron chi connectivity index (χ0n) is 11.9. The molecule has 1 aromatic heterocycles. The van der Waals surface area contributed by atoms with Crippen LogP contribution in [0, 0.1) is 6.92 Å². The summed E-state index contributed by atoms with van der Waals surface area (Å²) in [6, 6.07) is 14.2. The van der Waals surface area contributed by atoms with E-state index in [1.807, 2.05) is 43.3 Å². The lowest BCUT2D eigenvalue weighted by Gasteiger charge is -2.12. The van der Waals surface area contributed by atoms with Gasteiger partial charge in [-0.15, -0.1) is 0 Å². The maximum Gasteiger partial charge on any atom is 0.357 e. The van der Waals surface area contributed by atoms with E-state index in [0.29, 0.717) is 5.69 Å². The first-order valence-corrected chi connectivity index (χ1v) is 7.80. The smallest absolute Gasteiger partial charge is 0.357 e. The summed E-state index contributed by atoms with van der Waals surface area (Å²) < 4.78 is 6.10. The van der Waals surface area contributed by atoms with E-state index in [4.69, 9.17) is 4.74 Å². The summed E-state index contributed by atoms with van der Waals surface area (Å²) in [5, 5.41) is 1.04. The Morgan fingerprint density at radius 2 is 1.95 bits per heavy atom. The van der Waals surface area contributed by atoms with Crippen molar-refractivity contribution in [3.8, 4) is 11.1 Å². The fraction of sp³-hybridized carbons (Fsp3) is 0.111. The number of halogens is 1. The average molecular weight is 354 g/mol. The van der Waals surface area contributed by atoms with Crippen molar-refractivity contribution >= 4 is 32.8 Å². The van der Waals surface area contributed by atoms with Gasteiger partial charge in [0.2, 0.25) is 0 Å². The van der Waals surface area contributed by atoms with E-state index in [9.17, 15) is 4.79 Å². The van der Waals surface area contributed by atoms with Crippen molar-refractivity contribution < 1.29 is 9.53 Å². The van der Waals surface area contributed by atoms with Gasteiger partial charge in [0.1, 0.15) is 6.61 Å². The summed E-state index contributed by atoms with van der Waals surface area (Å²) in [7, 11) is 0. The van der Waals surface area contributed by atoms with Gasteiger partial charge in [-0.25, -0.2) is 9.78 Å². The molecule has 0 saturated heterocycles. The van der Waals surface area contributed by atoms with E-state index in [0.717, 1.165) is 37.6 Å². The Morgan fingerprint density at radius 1 is 1.18 bits per heavy atom. The van der Waals surface area contributed by atoms with Gasteiger partial charge < -0.3 is 4.74 Å². The van der Waals surface area contributed by atoms with E-state index in [-0.39, 0.29) is 12.6 Å². The molecule has 1 aliphatic heterocycles. The number of pyridine rings is 1. The van der Waals surface area contributed by atoms with E-state index >= 15 is 0 Å². The third-order valence-corrected chi connectivity index (χ3v) is 4.50. The van der Waals surface area contributed by atoms with Gasteiger partial charge in [0.15, 0.2) is 5.69 Å². The van der Waals surface area contributed by atoms with Gasteiger partial charge in [-0.2, -0.15) is 0 Å². The second kappa shape index (κ2) is 4.92. The summed E-state index contributed by atoms with van der Waals surface area (Å²) >= 11 is 3.57. The van der Waals surface area contributed by atoms with Gasteiger partial charge in [0, 0.05) is 21.0 Å². The van der Waals surface area contributed by atoms with Gasteiger partial charge in [-0.1, -0.05) is 30.3 Å². The number of carbonyl (C=O) groups is 1. The lowest BCUT2D eigenvalue weighted by Crippen LogP contribution is -2.00. The lowest BCUT2D eigenvalue weighted by atomic mass is 9.94. The van der Waals surface area contributed by atoms with Crippen molar-refractivity contribution in [3.63, 3.8) is 0 Å². The lowest BCUT2D eigenvalue weighted by molar-refractivity contribution is 0.0531. The maximum atomic E-state index is 12.0. The van der Waals surface area contributed by atoms with Crippen molar-refractivity contribution in [3.05, 3.63) is 63.8 Å². The van der Waals surface area contributed by atoms with Crippen LogP contribution >= 0.6 is 15.9 Å². The van der Waals surface area contributed by atoms with Crippen LogP contribution in [0.25, 0.3) is 22.0 Å². The molecule has 1 aliphatic rings. The molecule has 2 heterocycles. The number of aryl methyl sites for hydroxylation is 1. The molecule has 0 aliphatic carbocycles. The number of hydrogen-bond donors (Lipinski definition) is 0. The van der Waals surface area contributed by atoms with Gasteiger partial charge in [0.05, 0.1) is 5.52 Å². The minimum Gasteiger partial charge on any atom is -0.456 e. The summed E-state index contributed by atoms with van der Waals surface area (Å²) in [5.74, 6) is -0.346. The predicted octanol–water partition coefficient (Wildman–Crippen LogP) is 4.64. The van der Waals surface area contributed by atoms with Crippen LogP contribution in [0.4, 0.5) is 0 Å². The quantitative estimate of drug-likeness (QED) is 0.598. The van der Waals surface area contributed by atoms with Crippen LogP contribution in [0.15, 0.2) is 46.9 Å². The molecule has 0 N–H and O–H groups in total. The molecule has 0 radical (unpaired) electrons. The molecule has 22 heavy (non-hydrogen) atoms.